The molecule has 2 rings (SSSR count). The van der Waals surface area contributed by atoms with Crippen LogP contribution in [0.1, 0.15) is 57.9 Å². The van der Waals surface area contributed by atoms with Gasteiger partial charge in [-0.2, -0.15) is 0 Å². The molecule has 1 aliphatic heterocycles. The van der Waals surface area contributed by atoms with Crippen molar-refractivity contribution in [2.24, 2.45) is 0 Å². The highest BCUT2D eigenvalue weighted by Crippen LogP contribution is 2.30. The summed E-state index contributed by atoms with van der Waals surface area (Å²) in [7, 11) is 0. The molecule has 0 aliphatic carbocycles. The van der Waals surface area contributed by atoms with Crippen LogP contribution in [0.2, 0.25) is 0 Å². The molecule has 1 atom stereocenters. The fourth-order valence-electron chi connectivity index (χ4n) is 3.07. The van der Waals surface area contributed by atoms with Crippen molar-refractivity contribution < 1.29 is 0 Å². The first-order valence-corrected chi connectivity index (χ1v) is 7.63. The van der Waals surface area contributed by atoms with E-state index < -0.39 is 0 Å². The minimum atomic E-state index is 0.628. The second-order valence-electron chi connectivity index (χ2n) is 5.44. The molecular formula is C15H26N4. The molecule has 2 N–H and O–H groups in total. The minimum absolute atomic E-state index is 0.628. The van der Waals surface area contributed by atoms with Crippen molar-refractivity contribution >= 4 is 11.6 Å². The zero-order chi connectivity index (χ0) is 13.7. The third kappa shape index (κ3) is 3.17. The molecule has 0 saturated carbocycles. The second kappa shape index (κ2) is 6.73. The van der Waals surface area contributed by atoms with Crippen molar-refractivity contribution in [3.8, 4) is 0 Å². The molecule has 1 saturated heterocycles. The Labute approximate surface area is 116 Å². The lowest BCUT2D eigenvalue weighted by Crippen LogP contribution is -2.40. The number of rotatable bonds is 5. The molecule has 0 spiro atoms. The molecule has 4 heteroatoms. The van der Waals surface area contributed by atoms with Crippen LogP contribution in [0.5, 0.6) is 0 Å². The van der Waals surface area contributed by atoms with Crippen LogP contribution in [0.25, 0.3) is 0 Å². The standard InChI is InChI=1S/C15H26N4/c1-3-7-12-9-5-6-10-19(12)15-13(8-4-2)14(16)17-11-18-15/h11-12H,3-10H2,1-2H3,(H2,16,17,18). The number of hydrogen-bond donors (Lipinski definition) is 1. The second-order valence-corrected chi connectivity index (χ2v) is 5.44. The summed E-state index contributed by atoms with van der Waals surface area (Å²) >= 11 is 0. The minimum Gasteiger partial charge on any atom is -0.383 e. The summed E-state index contributed by atoms with van der Waals surface area (Å²) < 4.78 is 0. The van der Waals surface area contributed by atoms with E-state index in [0.717, 1.165) is 30.8 Å². The Hall–Kier alpha value is -1.32. The van der Waals surface area contributed by atoms with E-state index in [9.17, 15) is 0 Å². The van der Waals surface area contributed by atoms with E-state index in [4.69, 9.17) is 5.73 Å². The van der Waals surface area contributed by atoms with Crippen LogP contribution in [0, 0.1) is 0 Å². The summed E-state index contributed by atoms with van der Waals surface area (Å²) in [4.78, 5) is 11.2. The van der Waals surface area contributed by atoms with Gasteiger partial charge in [-0.15, -0.1) is 0 Å². The molecule has 0 amide bonds. The van der Waals surface area contributed by atoms with E-state index in [1.54, 1.807) is 6.33 Å². The van der Waals surface area contributed by atoms with Gasteiger partial charge in [-0.3, -0.25) is 0 Å². The molecule has 19 heavy (non-hydrogen) atoms. The van der Waals surface area contributed by atoms with Crippen LogP contribution in [0.3, 0.4) is 0 Å². The van der Waals surface area contributed by atoms with Gasteiger partial charge in [-0.1, -0.05) is 26.7 Å². The summed E-state index contributed by atoms with van der Waals surface area (Å²) in [6.07, 6.45) is 10.0. The molecule has 1 unspecified atom stereocenters. The molecule has 2 heterocycles. The molecule has 106 valence electrons. The predicted molar refractivity (Wildman–Crippen MR) is 80.3 cm³/mol. The first kappa shape index (κ1) is 14.1. The number of nitrogens with two attached hydrogens (primary N) is 1. The fraction of sp³-hybridized carbons (Fsp3) is 0.733. The summed E-state index contributed by atoms with van der Waals surface area (Å²) in [5, 5.41) is 0. The summed E-state index contributed by atoms with van der Waals surface area (Å²) in [6.45, 7) is 5.54. The molecule has 0 aromatic carbocycles. The molecular weight excluding hydrogens is 236 g/mol. The van der Waals surface area contributed by atoms with Crippen molar-refractivity contribution in [3.63, 3.8) is 0 Å². The number of aromatic nitrogens is 2. The Balaban J connectivity index is 2.30. The highest BCUT2D eigenvalue weighted by molar-refractivity contribution is 5.57. The average Bonchev–Trinajstić information content (AvgIpc) is 2.42. The van der Waals surface area contributed by atoms with Gasteiger partial charge in [-0.05, 0) is 32.1 Å². The predicted octanol–water partition coefficient (Wildman–Crippen LogP) is 3.17. The number of nitrogens with zero attached hydrogens (tertiary/aromatic N) is 3. The number of hydrogen-bond acceptors (Lipinski definition) is 4. The molecule has 4 nitrogen and oxygen atoms in total. The van der Waals surface area contributed by atoms with Crippen LogP contribution in [-0.4, -0.2) is 22.6 Å². The van der Waals surface area contributed by atoms with Gasteiger partial charge >= 0.3 is 0 Å². The molecule has 0 radical (unpaired) electrons. The highest BCUT2D eigenvalue weighted by atomic mass is 15.2. The van der Waals surface area contributed by atoms with E-state index in [1.807, 2.05) is 0 Å². The van der Waals surface area contributed by atoms with Gasteiger partial charge in [0.05, 0.1) is 0 Å². The van der Waals surface area contributed by atoms with Gasteiger partial charge in [0.1, 0.15) is 18.0 Å². The number of nitrogen functional groups attached to an aromatic ring is 1. The van der Waals surface area contributed by atoms with E-state index in [-0.39, 0.29) is 0 Å². The first-order chi connectivity index (χ1) is 9.27. The smallest absolute Gasteiger partial charge is 0.137 e. The van der Waals surface area contributed by atoms with Gasteiger partial charge in [0.2, 0.25) is 0 Å². The van der Waals surface area contributed by atoms with Gasteiger partial charge in [-0.25, -0.2) is 9.97 Å². The van der Waals surface area contributed by atoms with Crippen LogP contribution in [0.15, 0.2) is 6.33 Å². The third-order valence-electron chi connectivity index (χ3n) is 3.98. The Kier molecular flexibility index (Phi) is 5.00. The van der Waals surface area contributed by atoms with Crippen molar-refractivity contribution in [3.05, 3.63) is 11.9 Å². The SMILES string of the molecule is CCCc1c(N)ncnc1N1CCCCC1CCC. The number of anilines is 2. The Bertz CT molecular complexity index is 403. The quantitative estimate of drug-likeness (QED) is 0.885. The van der Waals surface area contributed by atoms with Crippen molar-refractivity contribution in [2.45, 2.75) is 64.8 Å². The molecule has 1 aliphatic rings. The van der Waals surface area contributed by atoms with Crippen LogP contribution >= 0.6 is 0 Å². The fourth-order valence-corrected chi connectivity index (χ4v) is 3.07. The number of piperidine rings is 1. The first-order valence-electron chi connectivity index (χ1n) is 7.63. The lowest BCUT2D eigenvalue weighted by molar-refractivity contribution is 0.430. The van der Waals surface area contributed by atoms with E-state index >= 15 is 0 Å². The van der Waals surface area contributed by atoms with Crippen molar-refractivity contribution in [1.29, 1.82) is 0 Å². The average molecular weight is 262 g/mol. The van der Waals surface area contributed by atoms with Gasteiger partial charge in [0.25, 0.3) is 0 Å². The summed E-state index contributed by atoms with van der Waals surface area (Å²) in [5.41, 5.74) is 7.20. The van der Waals surface area contributed by atoms with Crippen molar-refractivity contribution in [1.82, 2.24) is 9.97 Å². The molecule has 1 aromatic rings. The van der Waals surface area contributed by atoms with Crippen LogP contribution in [0.4, 0.5) is 11.6 Å². The van der Waals surface area contributed by atoms with Crippen LogP contribution < -0.4 is 10.6 Å². The van der Waals surface area contributed by atoms with E-state index in [0.29, 0.717) is 11.9 Å². The topological polar surface area (TPSA) is 55.0 Å². The normalized spacial score (nSPS) is 19.7. The third-order valence-corrected chi connectivity index (χ3v) is 3.98. The highest BCUT2D eigenvalue weighted by Gasteiger charge is 2.25. The molecule has 0 bridgehead atoms. The lowest BCUT2D eigenvalue weighted by Gasteiger charge is -2.37. The van der Waals surface area contributed by atoms with E-state index in [2.05, 4.69) is 28.7 Å². The Morgan fingerprint density at radius 1 is 1.26 bits per heavy atom. The van der Waals surface area contributed by atoms with Crippen molar-refractivity contribution in [2.75, 3.05) is 17.2 Å². The largest absolute Gasteiger partial charge is 0.383 e. The monoisotopic (exact) mass is 262 g/mol. The summed E-state index contributed by atoms with van der Waals surface area (Å²) in [5.74, 6) is 1.75. The maximum Gasteiger partial charge on any atom is 0.137 e. The van der Waals surface area contributed by atoms with Gasteiger partial charge < -0.3 is 10.6 Å². The Morgan fingerprint density at radius 2 is 2.11 bits per heavy atom. The van der Waals surface area contributed by atoms with E-state index in [1.165, 1.54) is 32.1 Å². The maximum absolute atomic E-state index is 6.06. The van der Waals surface area contributed by atoms with Gasteiger partial charge in [0, 0.05) is 18.2 Å². The summed E-state index contributed by atoms with van der Waals surface area (Å²) in [6, 6.07) is 0.628. The van der Waals surface area contributed by atoms with Gasteiger partial charge in [0.15, 0.2) is 0 Å². The zero-order valence-electron chi connectivity index (χ0n) is 12.2. The zero-order valence-corrected chi connectivity index (χ0v) is 12.2. The van der Waals surface area contributed by atoms with Crippen LogP contribution in [-0.2, 0) is 6.42 Å². The molecule has 1 fully saturated rings. The molecule has 1 aromatic heterocycles. The lowest BCUT2D eigenvalue weighted by atomic mass is 9.97. The maximum atomic E-state index is 6.06. The Morgan fingerprint density at radius 3 is 2.84 bits per heavy atom.